The Morgan fingerprint density at radius 1 is 1.00 bits per heavy atom. The second-order valence-corrected chi connectivity index (χ2v) is 5.67. The second-order valence-electron chi connectivity index (χ2n) is 5.67. The quantitative estimate of drug-likeness (QED) is 0.662. The molecule has 0 aliphatic rings. The maximum atomic E-state index is 9.69. The molecule has 0 N–H and O–H groups in total. The first-order chi connectivity index (χ1) is 12.7. The highest BCUT2D eigenvalue weighted by molar-refractivity contribution is 5.90. The van der Waals surface area contributed by atoms with Crippen LogP contribution in [-0.2, 0) is 6.54 Å². The van der Waals surface area contributed by atoms with Crippen LogP contribution in [0.1, 0.15) is 30.7 Å². The van der Waals surface area contributed by atoms with E-state index in [1.807, 2.05) is 56.3 Å². The van der Waals surface area contributed by atoms with Crippen LogP contribution in [0, 0.1) is 23.2 Å². The molecule has 2 aromatic carbocycles. The number of ether oxygens (including phenoxy) is 2. The van der Waals surface area contributed by atoms with Crippen LogP contribution in [-0.4, -0.2) is 18.3 Å². The third-order valence-corrected chi connectivity index (χ3v) is 4.19. The summed E-state index contributed by atoms with van der Waals surface area (Å²) in [6, 6.07) is 15.7. The summed E-state index contributed by atoms with van der Waals surface area (Å²) in [4.78, 5) is 0. The minimum Gasteiger partial charge on any atom is -0.497 e. The molecule has 0 aliphatic carbocycles. The van der Waals surface area contributed by atoms with Crippen LogP contribution < -0.4 is 9.47 Å². The molecule has 3 aromatic rings. The van der Waals surface area contributed by atoms with Gasteiger partial charge in [-0.05, 0) is 62.2 Å². The summed E-state index contributed by atoms with van der Waals surface area (Å²) in [6.45, 7) is 5.37. The van der Waals surface area contributed by atoms with Crippen LogP contribution >= 0.6 is 0 Å². The molecule has 1 aromatic heterocycles. The lowest BCUT2D eigenvalue weighted by Gasteiger charge is -2.04. The maximum absolute atomic E-state index is 9.69. The molecule has 1 heterocycles. The third-order valence-electron chi connectivity index (χ3n) is 4.19. The predicted molar refractivity (Wildman–Crippen MR) is 102 cm³/mol. The summed E-state index contributed by atoms with van der Waals surface area (Å²) in [5.41, 5.74) is 3.18. The van der Waals surface area contributed by atoms with E-state index in [4.69, 9.17) is 9.47 Å². The van der Waals surface area contributed by atoms with Gasteiger partial charge in [0.15, 0.2) is 0 Å². The summed E-state index contributed by atoms with van der Waals surface area (Å²) < 4.78 is 12.8. The van der Waals surface area contributed by atoms with Crippen molar-refractivity contribution >= 4 is 10.9 Å². The molecule has 0 aliphatic heterocycles. The smallest absolute Gasteiger partial charge is 0.119 e. The zero-order valence-corrected chi connectivity index (χ0v) is 15.2. The molecule has 0 bridgehead atoms. The summed E-state index contributed by atoms with van der Waals surface area (Å²) >= 11 is 0. The van der Waals surface area contributed by atoms with Crippen molar-refractivity contribution in [2.75, 3.05) is 13.7 Å². The van der Waals surface area contributed by atoms with E-state index in [0.29, 0.717) is 12.2 Å². The molecule has 4 nitrogen and oxygen atoms in total. The Morgan fingerprint density at radius 2 is 1.73 bits per heavy atom. The highest BCUT2D eigenvalue weighted by atomic mass is 16.5. The van der Waals surface area contributed by atoms with Crippen molar-refractivity contribution in [3.63, 3.8) is 0 Å². The molecular formula is C22H20N2O2. The SMILES string of the molecule is CCOc1ccc(C#Cc2c(C#N)c3cc(OC)ccc3n2CC)cc1. The number of aromatic nitrogens is 1. The summed E-state index contributed by atoms with van der Waals surface area (Å²) in [6.07, 6.45) is 0. The number of rotatable bonds is 4. The molecule has 26 heavy (non-hydrogen) atoms. The fourth-order valence-electron chi connectivity index (χ4n) is 2.96. The molecular weight excluding hydrogens is 324 g/mol. The number of hydrogen-bond donors (Lipinski definition) is 0. The number of nitrogens with zero attached hydrogens (tertiary/aromatic N) is 2. The minimum absolute atomic E-state index is 0.583. The van der Waals surface area contributed by atoms with E-state index in [9.17, 15) is 5.26 Å². The molecule has 0 spiro atoms. The summed E-state index contributed by atoms with van der Waals surface area (Å²) in [5.74, 6) is 7.90. The van der Waals surface area contributed by atoms with E-state index >= 15 is 0 Å². The molecule has 0 atom stereocenters. The van der Waals surface area contributed by atoms with Gasteiger partial charge < -0.3 is 14.0 Å². The van der Waals surface area contributed by atoms with E-state index < -0.39 is 0 Å². The Kier molecular flexibility index (Phi) is 5.15. The van der Waals surface area contributed by atoms with Gasteiger partial charge in [-0.1, -0.05) is 5.92 Å². The largest absolute Gasteiger partial charge is 0.497 e. The van der Waals surface area contributed by atoms with E-state index in [-0.39, 0.29) is 0 Å². The zero-order valence-electron chi connectivity index (χ0n) is 15.2. The normalized spacial score (nSPS) is 10.1. The number of nitriles is 1. The highest BCUT2D eigenvalue weighted by Gasteiger charge is 2.15. The van der Waals surface area contributed by atoms with Gasteiger partial charge in [0, 0.05) is 17.5 Å². The molecule has 130 valence electrons. The van der Waals surface area contributed by atoms with Crippen LogP contribution in [0.3, 0.4) is 0 Å². The average Bonchev–Trinajstić information content (AvgIpc) is 2.99. The van der Waals surface area contributed by atoms with Gasteiger partial charge in [-0.2, -0.15) is 5.26 Å². The minimum atomic E-state index is 0.583. The van der Waals surface area contributed by atoms with E-state index in [2.05, 4.69) is 22.5 Å². The Morgan fingerprint density at radius 3 is 2.35 bits per heavy atom. The molecule has 0 saturated heterocycles. The monoisotopic (exact) mass is 344 g/mol. The van der Waals surface area contributed by atoms with Crippen LogP contribution in [0.15, 0.2) is 42.5 Å². The van der Waals surface area contributed by atoms with Gasteiger partial charge >= 0.3 is 0 Å². The summed E-state index contributed by atoms with van der Waals surface area (Å²) in [7, 11) is 1.62. The first-order valence-electron chi connectivity index (χ1n) is 8.57. The predicted octanol–water partition coefficient (Wildman–Crippen LogP) is 4.34. The van der Waals surface area contributed by atoms with Crippen molar-refractivity contribution < 1.29 is 9.47 Å². The van der Waals surface area contributed by atoms with Gasteiger partial charge in [-0.25, -0.2) is 0 Å². The van der Waals surface area contributed by atoms with Crippen molar-refractivity contribution in [2.45, 2.75) is 20.4 Å². The number of fused-ring (bicyclic) bond motifs is 1. The second kappa shape index (κ2) is 7.68. The lowest BCUT2D eigenvalue weighted by molar-refractivity contribution is 0.340. The standard InChI is InChI=1S/C22H20N2O2/c1-4-24-21-13-11-18(25-3)14-19(21)20(15-23)22(24)12-8-16-6-9-17(10-7-16)26-5-2/h6-7,9-11,13-14H,4-5H2,1-3H3. The molecule has 0 saturated carbocycles. The van der Waals surface area contributed by atoms with Crippen LogP contribution in [0.5, 0.6) is 11.5 Å². The van der Waals surface area contributed by atoms with Gasteiger partial charge in [-0.15, -0.1) is 0 Å². The van der Waals surface area contributed by atoms with Gasteiger partial charge in [-0.3, -0.25) is 0 Å². The molecule has 4 heteroatoms. The van der Waals surface area contributed by atoms with E-state index in [1.54, 1.807) is 7.11 Å². The number of hydrogen-bond acceptors (Lipinski definition) is 3. The number of aryl methyl sites for hydroxylation is 1. The molecule has 0 unspecified atom stereocenters. The number of benzene rings is 2. The van der Waals surface area contributed by atoms with Gasteiger partial charge in [0.05, 0.1) is 24.8 Å². The van der Waals surface area contributed by atoms with Crippen LogP contribution in [0.4, 0.5) is 0 Å². The van der Waals surface area contributed by atoms with E-state index in [0.717, 1.165) is 40.2 Å². The van der Waals surface area contributed by atoms with Crippen molar-refractivity contribution in [1.82, 2.24) is 4.57 Å². The third kappa shape index (κ3) is 3.23. The van der Waals surface area contributed by atoms with Gasteiger partial charge in [0.1, 0.15) is 23.3 Å². The average molecular weight is 344 g/mol. The summed E-state index contributed by atoms with van der Waals surface area (Å²) in [5, 5.41) is 10.6. The topological polar surface area (TPSA) is 47.2 Å². The Hall–Kier alpha value is -3.37. The highest BCUT2D eigenvalue weighted by Crippen LogP contribution is 2.29. The lowest BCUT2D eigenvalue weighted by atomic mass is 10.1. The number of methoxy groups -OCH3 is 1. The Balaban J connectivity index is 2.09. The first kappa shape index (κ1) is 17.5. The van der Waals surface area contributed by atoms with Crippen molar-refractivity contribution in [3.05, 3.63) is 59.3 Å². The van der Waals surface area contributed by atoms with Crippen LogP contribution in [0.25, 0.3) is 10.9 Å². The van der Waals surface area contributed by atoms with Gasteiger partial charge in [0.25, 0.3) is 0 Å². The van der Waals surface area contributed by atoms with Crippen molar-refractivity contribution in [2.24, 2.45) is 0 Å². The first-order valence-corrected chi connectivity index (χ1v) is 8.57. The van der Waals surface area contributed by atoms with Crippen molar-refractivity contribution in [3.8, 4) is 29.4 Å². The Labute approximate surface area is 153 Å². The Bertz CT molecular complexity index is 1030. The fraction of sp³-hybridized carbons (Fsp3) is 0.227. The zero-order chi connectivity index (χ0) is 18.5. The molecule has 0 amide bonds. The molecule has 0 radical (unpaired) electrons. The van der Waals surface area contributed by atoms with Gasteiger partial charge in [0.2, 0.25) is 0 Å². The molecule has 3 rings (SSSR count). The lowest BCUT2D eigenvalue weighted by Crippen LogP contribution is -1.98. The van der Waals surface area contributed by atoms with E-state index in [1.165, 1.54) is 0 Å². The fourth-order valence-corrected chi connectivity index (χ4v) is 2.96. The molecule has 0 fully saturated rings. The van der Waals surface area contributed by atoms with Crippen LogP contribution in [0.2, 0.25) is 0 Å². The van der Waals surface area contributed by atoms with Crippen molar-refractivity contribution in [1.29, 1.82) is 5.26 Å². The maximum Gasteiger partial charge on any atom is 0.119 e.